The first-order chi connectivity index (χ1) is 14.1. The molecule has 152 valence electrons. The number of carbonyl (C=O) groups is 1. The van der Waals surface area contributed by atoms with Gasteiger partial charge in [-0.05, 0) is 42.8 Å². The number of halogens is 2. The second-order valence-electron chi connectivity index (χ2n) is 6.85. The largest absolute Gasteiger partial charge is 0.379 e. The molecule has 0 radical (unpaired) electrons. The van der Waals surface area contributed by atoms with Crippen LogP contribution < -0.4 is 4.90 Å². The van der Waals surface area contributed by atoms with Crippen LogP contribution >= 0.6 is 22.9 Å². The van der Waals surface area contributed by atoms with Gasteiger partial charge in [0.1, 0.15) is 11.3 Å². The van der Waals surface area contributed by atoms with E-state index in [1.54, 1.807) is 11.0 Å². The number of ether oxygens (including phenoxy) is 1. The van der Waals surface area contributed by atoms with Gasteiger partial charge in [-0.25, -0.2) is 9.37 Å². The summed E-state index contributed by atoms with van der Waals surface area (Å²) in [6.45, 7) is 4.70. The first kappa shape index (κ1) is 20.2. The number of para-hydroxylation sites is 1. The number of aromatic nitrogens is 1. The third-order valence-corrected chi connectivity index (χ3v) is 6.23. The van der Waals surface area contributed by atoms with E-state index in [1.807, 2.05) is 12.1 Å². The summed E-state index contributed by atoms with van der Waals surface area (Å²) in [6.07, 6.45) is 0.802. The monoisotopic (exact) mass is 433 g/mol. The van der Waals surface area contributed by atoms with Crippen molar-refractivity contribution < 1.29 is 13.9 Å². The fourth-order valence-electron chi connectivity index (χ4n) is 3.33. The molecular weight excluding hydrogens is 413 g/mol. The van der Waals surface area contributed by atoms with Gasteiger partial charge in [0.2, 0.25) is 0 Å². The van der Waals surface area contributed by atoms with Gasteiger partial charge in [0.15, 0.2) is 5.13 Å². The Bertz CT molecular complexity index is 989. The Balaban J connectivity index is 1.57. The number of nitrogens with zero attached hydrogens (tertiary/aromatic N) is 3. The first-order valence-corrected chi connectivity index (χ1v) is 10.7. The molecule has 0 saturated carbocycles. The van der Waals surface area contributed by atoms with Crippen LogP contribution in [-0.2, 0) is 4.74 Å². The van der Waals surface area contributed by atoms with Crippen molar-refractivity contribution in [2.75, 3.05) is 44.3 Å². The molecule has 1 fully saturated rings. The standard InChI is InChI=1S/C21H21ClFN3O2S/c22-17-3-1-4-18-19(17)24-21(29-18)26(10-2-9-25-11-13-28-14-12-25)20(27)15-5-7-16(23)8-6-15/h1,3-8H,2,9-14H2. The minimum absolute atomic E-state index is 0.192. The van der Waals surface area contributed by atoms with Crippen molar-refractivity contribution in [3.63, 3.8) is 0 Å². The lowest BCUT2D eigenvalue weighted by atomic mass is 10.2. The molecule has 1 aromatic heterocycles. The molecule has 2 heterocycles. The zero-order valence-corrected chi connectivity index (χ0v) is 17.4. The molecule has 8 heteroatoms. The average Bonchev–Trinajstić information content (AvgIpc) is 3.17. The van der Waals surface area contributed by atoms with Gasteiger partial charge >= 0.3 is 0 Å². The van der Waals surface area contributed by atoms with Crippen LogP contribution in [0.2, 0.25) is 5.02 Å². The van der Waals surface area contributed by atoms with Crippen LogP contribution in [0.3, 0.4) is 0 Å². The lowest BCUT2D eigenvalue weighted by Crippen LogP contribution is -2.39. The summed E-state index contributed by atoms with van der Waals surface area (Å²) in [5, 5.41) is 1.16. The summed E-state index contributed by atoms with van der Waals surface area (Å²) in [6, 6.07) is 11.2. The Morgan fingerprint density at radius 2 is 1.97 bits per heavy atom. The number of hydrogen-bond acceptors (Lipinski definition) is 5. The highest BCUT2D eigenvalue weighted by Crippen LogP contribution is 2.33. The molecule has 0 spiro atoms. The molecule has 1 aliphatic heterocycles. The fourth-order valence-corrected chi connectivity index (χ4v) is 4.62. The highest BCUT2D eigenvalue weighted by molar-refractivity contribution is 7.22. The molecule has 0 bridgehead atoms. The van der Waals surface area contributed by atoms with Crippen molar-refractivity contribution in [3.8, 4) is 0 Å². The summed E-state index contributed by atoms with van der Waals surface area (Å²) in [7, 11) is 0. The van der Waals surface area contributed by atoms with Gasteiger partial charge < -0.3 is 4.74 Å². The molecule has 4 rings (SSSR count). The number of morpholine rings is 1. The highest BCUT2D eigenvalue weighted by Gasteiger charge is 2.22. The van der Waals surface area contributed by atoms with Crippen molar-refractivity contribution in [1.29, 1.82) is 0 Å². The quantitative estimate of drug-likeness (QED) is 0.575. The molecule has 5 nitrogen and oxygen atoms in total. The van der Waals surface area contributed by atoms with Gasteiger partial charge in [0.25, 0.3) is 5.91 Å². The molecule has 0 N–H and O–H groups in total. The van der Waals surface area contributed by atoms with E-state index in [-0.39, 0.29) is 11.7 Å². The lowest BCUT2D eigenvalue weighted by Gasteiger charge is -2.27. The molecule has 2 aromatic carbocycles. The van der Waals surface area contributed by atoms with Crippen LogP contribution in [0.1, 0.15) is 16.8 Å². The normalized spacial score (nSPS) is 15.0. The van der Waals surface area contributed by atoms with E-state index in [0.717, 1.165) is 44.0 Å². The SMILES string of the molecule is O=C(c1ccc(F)cc1)N(CCCN1CCOCC1)c1nc2c(Cl)cccc2s1. The minimum Gasteiger partial charge on any atom is -0.379 e. The van der Waals surface area contributed by atoms with Crippen molar-refractivity contribution in [3.05, 3.63) is 58.9 Å². The van der Waals surface area contributed by atoms with Crippen LogP contribution in [0.25, 0.3) is 10.2 Å². The van der Waals surface area contributed by atoms with E-state index in [1.165, 1.54) is 35.6 Å². The molecule has 0 unspecified atom stereocenters. The predicted molar refractivity (Wildman–Crippen MR) is 115 cm³/mol. The van der Waals surface area contributed by atoms with Crippen molar-refractivity contribution in [1.82, 2.24) is 9.88 Å². The number of fused-ring (bicyclic) bond motifs is 1. The lowest BCUT2D eigenvalue weighted by molar-refractivity contribution is 0.0376. The number of anilines is 1. The Morgan fingerprint density at radius 3 is 2.69 bits per heavy atom. The number of carbonyl (C=O) groups excluding carboxylic acids is 1. The van der Waals surface area contributed by atoms with E-state index in [4.69, 9.17) is 16.3 Å². The van der Waals surface area contributed by atoms with Crippen molar-refractivity contribution in [2.24, 2.45) is 0 Å². The van der Waals surface area contributed by atoms with Crippen LogP contribution in [-0.4, -0.2) is 55.2 Å². The summed E-state index contributed by atoms with van der Waals surface area (Å²) in [4.78, 5) is 21.8. The molecule has 1 aliphatic rings. The third kappa shape index (κ3) is 4.75. The van der Waals surface area contributed by atoms with Gasteiger partial charge in [0.05, 0.1) is 22.9 Å². The van der Waals surface area contributed by atoms with Crippen molar-refractivity contribution in [2.45, 2.75) is 6.42 Å². The first-order valence-electron chi connectivity index (χ1n) is 9.54. The molecular formula is C21H21ClFN3O2S. The van der Waals surface area contributed by atoms with Crippen LogP contribution in [0.15, 0.2) is 42.5 Å². The molecule has 0 atom stereocenters. The number of rotatable bonds is 6. The Labute approximate surface area is 177 Å². The van der Waals surface area contributed by atoms with E-state index in [2.05, 4.69) is 9.88 Å². The van der Waals surface area contributed by atoms with Gasteiger partial charge in [-0.2, -0.15) is 0 Å². The minimum atomic E-state index is -0.368. The number of thiazole rings is 1. The highest BCUT2D eigenvalue weighted by atomic mass is 35.5. The summed E-state index contributed by atoms with van der Waals surface area (Å²) in [5.41, 5.74) is 1.13. The van der Waals surface area contributed by atoms with Gasteiger partial charge in [0, 0.05) is 31.7 Å². The van der Waals surface area contributed by atoms with Gasteiger partial charge in [-0.1, -0.05) is 29.0 Å². The number of hydrogen-bond donors (Lipinski definition) is 0. The van der Waals surface area contributed by atoms with E-state index < -0.39 is 0 Å². The maximum Gasteiger partial charge on any atom is 0.260 e. The van der Waals surface area contributed by atoms with Crippen molar-refractivity contribution >= 4 is 44.2 Å². The van der Waals surface area contributed by atoms with E-state index in [9.17, 15) is 9.18 Å². The average molecular weight is 434 g/mol. The Morgan fingerprint density at radius 1 is 1.21 bits per heavy atom. The topological polar surface area (TPSA) is 45.7 Å². The smallest absolute Gasteiger partial charge is 0.260 e. The zero-order valence-electron chi connectivity index (χ0n) is 15.8. The second-order valence-corrected chi connectivity index (χ2v) is 8.27. The predicted octanol–water partition coefficient (Wildman–Crippen LogP) is 4.46. The molecule has 1 amide bonds. The van der Waals surface area contributed by atoms with Crippen LogP contribution in [0.4, 0.5) is 9.52 Å². The molecule has 3 aromatic rings. The molecule has 29 heavy (non-hydrogen) atoms. The maximum absolute atomic E-state index is 13.3. The van der Waals surface area contributed by atoms with E-state index in [0.29, 0.717) is 27.8 Å². The van der Waals surface area contributed by atoms with Gasteiger partial charge in [-0.15, -0.1) is 0 Å². The third-order valence-electron chi connectivity index (χ3n) is 4.89. The number of benzene rings is 2. The van der Waals surface area contributed by atoms with Crippen LogP contribution in [0, 0.1) is 5.82 Å². The zero-order chi connectivity index (χ0) is 20.2. The van der Waals surface area contributed by atoms with Crippen LogP contribution in [0.5, 0.6) is 0 Å². The van der Waals surface area contributed by atoms with E-state index >= 15 is 0 Å². The summed E-state index contributed by atoms with van der Waals surface area (Å²) >= 11 is 7.71. The maximum atomic E-state index is 13.3. The fraction of sp³-hybridized carbons (Fsp3) is 0.333. The number of amides is 1. The summed E-state index contributed by atoms with van der Waals surface area (Å²) < 4.78 is 19.6. The second kappa shape index (κ2) is 9.17. The molecule has 1 saturated heterocycles. The summed E-state index contributed by atoms with van der Waals surface area (Å²) in [5.74, 6) is -0.561. The van der Waals surface area contributed by atoms with Gasteiger partial charge in [-0.3, -0.25) is 14.6 Å². The Kier molecular flexibility index (Phi) is 6.40. The molecule has 0 aliphatic carbocycles. The Hall–Kier alpha value is -2.06.